The first-order chi connectivity index (χ1) is 15.4. The van der Waals surface area contributed by atoms with E-state index < -0.39 is 24.0 Å². The number of fused-ring (bicyclic) bond motifs is 3. The number of ether oxygens (including phenoxy) is 1. The number of carbonyl (C=O) groups excluding carboxylic acids is 2. The van der Waals surface area contributed by atoms with Crippen molar-refractivity contribution in [3.63, 3.8) is 0 Å². The number of carbonyl (C=O) groups is 3. The van der Waals surface area contributed by atoms with E-state index in [1.165, 1.54) is 18.3 Å². The van der Waals surface area contributed by atoms with Crippen LogP contribution < -0.4 is 11.1 Å². The van der Waals surface area contributed by atoms with Gasteiger partial charge in [-0.05, 0) is 34.4 Å². The van der Waals surface area contributed by atoms with Crippen molar-refractivity contribution in [2.24, 2.45) is 5.73 Å². The highest BCUT2D eigenvalue weighted by atomic mass is 16.5. The molecule has 8 nitrogen and oxygen atoms in total. The van der Waals surface area contributed by atoms with Gasteiger partial charge in [0, 0.05) is 24.2 Å². The minimum Gasteiger partial charge on any atom is -0.480 e. The standard InChI is InChI=1S/C24H21N3O5/c25-22(28)14-9-10-15(26-12-14)11-21(23(29)30)27-24(31)32-13-20-18-7-3-1-5-16(18)17-6-2-4-8-19(17)20/h1-10,12,20-21H,11,13H2,(H2,25,28)(H,27,31)(H,29,30)/t21-/m0/s1. The first kappa shape index (κ1) is 21.0. The molecular formula is C24H21N3O5. The summed E-state index contributed by atoms with van der Waals surface area (Å²) in [4.78, 5) is 39.2. The molecule has 1 aliphatic rings. The molecule has 0 saturated heterocycles. The van der Waals surface area contributed by atoms with Crippen LogP contribution in [0.1, 0.15) is 33.1 Å². The fourth-order valence-corrected chi connectivity index (χ4v) is 3.88. The lowest BCUT2D eigenvalue weighted by molar-refractivity contribution is -0.139. The Morgan fingerprint density at radius 2 is 1.62 bits per heavy atom. The topological polar surface area (TPSA) is 132 Å². The number of benzene rings is 2. The van der Waals surface area contributed by atoms with Crippen LogP contribution in [0.5, 0.6) is 0 Å². The van der Waals surface area contributed by atoms with Crippen molar-refractivity contribution >= 4 is 18.0 Å². The normalized spacial score (nSPS) is 13.0. The Balaban J connectivity index is 1.41. The average Bonchev–Trinajstić information content (AvgIpc) is 3.11. The van der Waals surface area contributed by atoms with Crippen LogP contribution in [-0.2, 0) is 16.0 Å². The SMILES string of the molecule is NC(=O)c1ccc(C[C@H](NC(=O)OCC2c3ccccc3-c3ccccc32)C(=O)O)nc1. The van der Waals surface area contributed by atoms with E-state index in [0.29, 0.717) is 5.69 Å². The van der Waals surface area contributed by atoms with Crippen molar-refractivity contribution in [2.75, 3.05) is 6.61 Å². The first-order valence-electron chi connectivity index (χ1n) is 10.0. The molecule has 8 heteroatoms. The number of alkyl carbamates (subject to hydrolysis) is 1. The Kier molecular flexibility index (Phi) is 5.85. The molecule has 0 fully saturated rings. The number of primary amides is 1. The van der Waals surface area contributed by atoms with Gasteiger partial charge >= 0.3 is 12.1 Å². The van der Waals surface area contributed by atoms with Gasteiger partial charge in [0.05, 0.1) is 5.56 Å². The third-order valence-corrected chi connectivity index (χ3v) is 5.46. The molecule has 4 N–H and O–H groups in total. The van der Waals surface area contributed by atoms with Gasteiger partial charge in [-0.3, -0.25) is 9.78 Å². The second kappa shape index (κ2) is 8.89. The van der Waals surface area contributed by atoms with Gasteiger partial charge in [-0.15, -0.1) is 0 Å². The maximum atomic E-state index is 12.4. The average molecular weight is 431 g/mol. The van der Waals surface area contributed by atoms with Gasteiger partial charge in [-0.1, -0.05) is 48.5 Å². The molecule has 0 radical (unpaired) electrons. The predicted molar refractivity (Wildman–Crippen MR) is 116 cm³/mol. The molecule has 3 aromatic rings. The van der Waals surface area contributed by atoms with Crippen molar-refractivity contribution in [1.82, 2.24) is 10.3 Å². The number of nitrogens with one attached hydrogen (secondary N) is 1. The Bertz CT molecular complexity index is 1130. The number of pyridine rings is 1. The quantitative estimate of drug-likeness (QED) is 0.527. The van der Waals surface area contributed by atoms with Crippen molar-refractivity contribution in [3.05, 3.63) is 89.2 Å². The molecule has 1 heterocycles. The lowest BCUT2D eigenvalue weighted by Gasteiger charge is -2.17. The van der Waals surface area contributed by atoms with Crippen molar-refractivity contribution < 1.29 is 24.2 Å². The fourth-order valence-electron chi connectivity index (χ4n) is 3.88. The third kappa shape index (κ3) is 4.29. The second-order valence-corrected chi connectivity index (χ2v) is 7.47. The lowest BCUT2D eigenvalue weighted by atomic mass is 9.98. The van der Waals surface area contributed by atoms with Crippen LogP contribution in [0.2, 0.25) is 0 Å². The van der Waals surface area contributed by atoms with Gasteiger partial charge in [0.1, 0.15) is 12.6 Å². The molecule has 0 aliphatic heterocycles. The molecule has 1 aromatic heterocycles. The summed E-state index contributed by atoms with van der Waals surface area (Å²) < 4.78 is 5.41. The van der Waals surface area contributed by atoms with E-state index in [9.17, 15) is 19.5 Å². The van der Waals surface area contributed by atoms with Gasteiger partial charge in [0.2, 0.25) is 5.91 Å². The van der Waals surface area contributed by atoms with Crippen LogP contribution in [0.15, 0.2) is 66.9 Å². The minimum absolute atomic E-state index is 0.0709. The lowest BCUT2D eigenvalue weighted by Crippen LogP contribution is -2.43. The van der Waals surface area contributed by atoms with Crippen molar-refractivity contribution in [3.8, 4) is 11.1 Å². The second-order valence-electron chi connectivity index (χ2n) is 7.47. The maximum absolute atomic E-state index is 12.4. The number of rotatable bonds is 7. The number of aromatic nitrogens is 1. The monoisotopic (exact) mass is 431 g/mol. The van der Waals surface area contributed by atoms with Crippen LogP contribution >= 0.6 is 0 Å². The van der Waals surface area contributed by atoms with E-state index in [-0.39, 0.29) is 24.5 Å². The molecule has 1 aliphatic carbocycles. The molecule has 4 rings (SSSR count). The van der Waals surface area contributed by atoms with Crippen LogP contribution in [-0.4, -0.2) is 40.7 Å². The van der Waals surface area contributed by atoms with E-state index in [2.05, 4.69) is 10.3 Å². The number of hydrogen-bond acceptors (Lipinski definition) is 5. The van der Waals surface area contributed by atoms with E-state index in [1.807, 2.05) is 48.5 Å². The Labute approximate surface area is 184 Å². The van der Waals surface area contributed by atoms with E-state index in [4.69, 9.17) is 10.5 Å². The number of hydrogen-bond donors (Lipinski definition) is 3. The molecule has 1 atom stereocenters. The van der Waals surface area contributed by atoms with E-state index in [0.717, 1.165) is 22.3 Å². The number of nitrogens with zero attached hydrogens (tertiary/aromatic N) is 1. The summed E-state index contributed by atoms with van der Waals surface area (Å²) in [5.74, 6) is -1.98. The van der Waals surface area contributed by atoms with E-state index in [1.54, 1.807) is 0 Å². The molecule has 2 aromatic carbocycles. The summed E-state index contributed by atoms with van der Waals surface area (Å²) in [5.41, 5.74) is 10.1. The predicted octanol–water partition coefficient (Wildman–Crippen LogP) is 2.71. The van der Waals surface area contributed by atoms with E-state index >= 15 is 0 Å². The van der Waals surface area contributed by atoms with Crippen molar-refractivity contribution in [1.29, 1.82) is 0 Å². The Hall–Kier alpha value is -4.20. The molecule has 0 bridgehead atoms. The van der Waals surface area contributed by atoms with Gasteiger partial charge < -0.3 is 20.9 Å². The highest BCUT2D eigenvalue weighted by Gasteiger charge is 2.29. The number of carboxylic acid groups (broad SMARTS) is 1. The molecule has 32 heavy (non-hydrogen) atoms. The maximum Gasteiger partial charge on any atom is 0.407 e. The summed E-state index contributed by atoms with van der Waals surface area (Å²) in [7, 11) is 0. The number of carboxylic acids is 1. The molecule has 0 saturated carbocycles. The molecule has 2 amide bonds. The van der Waals surface area contributed by atoms with Gasteiger partial charge in [-0.25, -0.2) is 9.59 Å². The summed E-state index contributed by atoms with van der Waals surface area (Å²) in [5, 5.41) is 11.9. The molecular weight excluding hydrogens is 410 g/mol. The zero-order chi connectivity index (χ0) is 22.7. The molecule has 162 valence electrons. The van der Waals surface area contributed by atoms with Crippen LogP contribution in [0.3, 0.4) is 0 Å². The summed E-state index contributed by atoms with van der Waals surface area (Å²) in [6.45, 7) is 0.0811. The van der Waals surface area contributed by atoms with Crippen LogP contribution in [0, 0.1) is 0 Å². The van der Waals surface area contributed by atoms with Gasteiger partial charge in [-0.2, -0.15) is 0 Å². The largest absolute Gasteiger partial charge is 0.480 e. The summed E-state index contributed by atoms with van der Waals surface area (Å²) >= 11 is 0. The highest BCUT2D eigenvalue weighted by molar-refractivity contribution is 5.92. The minimum atomic E-state index is -1.24. The Morgan fingerprint density at radius 1 is 1.00 bits per heavy atom. The first-order valence-corrected chi connectivity index (χ1v) is 10.0. The third-order valence-electron chi connectivity index (χ3n) is 5.46. The zero-order valence-electron chi connectivity index (χ0n) is 17.0. The summed E-state index contributed by atoms with van der Waals surface area (Å²) in [6.07, 6.45) is 0.371. The van der Waals surface area contributed by atoms with Crippen LogP contribution in [0.25, 0.3) is 11.1 Å². The smallest absolute Gasteiger partial charge is 0.407 e. The fraction of sp³-hybridized carbons (Fsp3) is 0.167. The zero-order valence-corrected chi connectivity index (χ0v) is 17.0. The Morgan fingerprint density at radius 3 is 2.16 bits per heavy atom. The van der Waals surface area contributed by atoms with Crippen LogP contribution in [0.4, 0.5) is 4.79 Å². The number of nitrogens with two attached hydrogens (primary N) is 1. The summed E-state index contributed by atoms with van der Waals surface area (Å²) in [6, 6.07) is 17.6. The molecule has 0 spiro atoms. The van der Waals surface area contributed by atoms with Crippen molar-refractivity contribution in [2.45, 2.75) is 18.4 Å². The van der Waals surface area contributed by atoms with Gasteiger partial charge in [0.15, 0.2) is 0 Å². The highest BCUT2D eigenvalue weighted by Crippen LogP contribution is 2.44. The molecule has 0 unspecified atom stereocenters. The number of amides is 2. The van der Waals surface area contributed by atoms with Gasteiger partial charge in [0.25, 0.3) is 0 Å². The number of aliphatic carboxylic acids is 1.